The van der Waals surface area contributed by atoms with Crippen LogP contribution in [-0.4, -0.2) is 18.7 Å². The number of hydrogen-bond acceptors (Lipinski definition) is 2. The number of aromatic nitrogens is 4. The molecule has 1 spiro atoms. The summed E-state index contributed by atoms with van der Waals surface area (Å²) in [4.78, 5) is 5.13. The van der Waals surface area contributed by atoms with Gasteiger partial charge in [0, 0.05) is 11.8 Å². The Hall–Kier alpha value is -7.33. The zero-order valence-corrected chi connectivity index (χ0v) is 42.1. The smallest absolute Gasteiger partial charge is 0.0579 e. The zero-order chi connectivity index (χ0) is 47.3. The van der Waals surface area contributed by atoms with E-state index in [2.05, 4.69) is 249 Å². The van der Waals surface area contributed by atoms with E-state index in [0.717, 1.165) is 80.0 Å². The minimum Gasteiger partial charge on any atom is -0.0579 e. The minimum absolute atomic E-state index is 0.0383. The van der Waals surface area contributed by atoms with E-state index in [1.54, 1.807) is 0 Å². The summed E-state index contributed by atoms with van der Waals surface area (Å²) >= 11 is 2.58. The molecule has 6 heteroatoms. The maximum absolute atomic E-state index is 6.89. The second-order valence-electron chi connectivity index (χ2n) is 20.3. The number of benzene rings is 8. The quantitative estimate of drug-likeness (QED) is 0.159. The maximum atomic E-state index is 6.89. The van der Waals surface area contributed by atoms with Crippen LogP contribution in [0.2, 0.25) is 0 Å². The molecular formula is C64H52N4OPt. The van der Waals surface area contributed by atoms with Crippen LogP contribution in [0.4, 0.5) is 0 Å². The van der Waals surface area contributed by atoms with Gasteiger partial charge in [0.25, 0.3) is 0 Å². The summed E-state index contributed by atoms with van der Waals surface area (Å²) in [6, 6.07) is 68.6. The van der Waals surface area contributed by atoms with Crippen LogP contribution in [0.15, 0.2) is 194 Å². The molecule has 2 aliphatic carbocycles. The van der Waals surface area contributed by atoms with Gasteiger partial charge in [-0.3, -0.25) is 0 Å². The minimum atomic E-state index is -0.0383. The van der Waals surface area contributed by atoms with Crippen molar-refractivity contribution in [2.45, 2.75) is 64.2 Å². The van der Waals surface area contributed by atoms with Crippen LogP contribution in [0.3, 0.4) is 0 Å². The molecule has 0 fully saturated rings. The van der Waals surface area contributed by atoms with Gasteiger partial charge < -0.3 is 0 Å². The van der Waals surface area contributed by atoms with Gasteiger partial charge in [0.2, 0.25) is 0 Å². The van der Waals surface area contributed by atoms with Crippen molar-refractivity contribution < 1.29 is 24.1 Å². The molecule has 1 atom stereocenters. The molecule has 0 aliphatic heterocycles. The molecular weight excluding hydrogens is 1040 g/mol. The number of ether oxygens (including phenoxy) is 1. The summed E-state index contributed by atoms with van der Waals surface area (Å²) in [7, 11) is 0. The third-order valence-corrected chi connectivity index (χ3v) is 16.3. The number of imidazole rings is 1. The van der Waals surface area contributed by atoms with Gasteiger partial charge in [-0.1, -0.05) is 57.2 Å². The van der Waals surface area contributed by atoms with Crippen LogP contribution in [0.5, 0.6) is 11.5 Å². The molecule has 3 heterocycles. The second kappa shape index (κ2) is 16.4. The Balaban J connectivity index is 0.914. The second-order valence-corrected chi connectivity index (χ2v) is 21.3. The van der Waals surface area contributed by atoms with E-state index in [-0.39, 0.29) is 10.8 Å². The Morgan fingerprint density at radius 2 is 1.21 bits per heavy atom. The summed E-state index contributed by atoms with van der Waals surface area (Å²) < 4.78 is 15.2. The van der Waals surface area contributed by atoms with E-state index in [1.165, 1.54) is 66.7 Å². The standard InChI is InChI=1S/C64H52N4O.Pt/c1-42-37-60(65-40-54(42)44-25-28-47(29-26-44)63(2,3)4)68-56-22-11-9-20-52(56)53-32-30-50(39-59(53)68)69-49-19-14-18-48(38-49)66-41-67(58-24-13-12-23-57(58)66)62-51(43-15-6-5-7-16-43)31-27-46-34-36-64(61(46)62)35-33-45-17-8-10-21-55(45)64;/h5-32,37-40H,33-36H2,1-4H3;. The third kappa shape index (κ3) is 6.77. The molecule has 3 aromatic heterocycles. The van der Waals surface area contributed by atoms with Gasteiger partial charge in [-0.25, -0.2) is 0 Å². The van der Waals surface area contributed by atoms with Crippen molar-refractivity contribution in [2.75, 3.05) is 0 Å². The van der Waals surface area contributed by atoms with Crippen LogP contribution in [-0.2, 0) is 43.0 Å². The number of pyridine rings is 1. The number of aryl methyl sites for hydroxylation is 3. The first kappa shape index (κ1) is 42.7. The fourth-order valence-corrected chi connectivity index (χ4v) is 13.0. The fraction of sp³-hybridized carbons (Fsp3) is 0.156. The first-order valence-electron chi connectivity index (χ1n) is 24.5. The summed E-state index contributed by atoms with van der Waals surface area (Å²) in [5.41, 5.74) is 20.1. The van der Waals surface area contributed by atoms with Gasteiger partial charge in [0.05, 0.1) is 0 Å². The van der Waals surface area contributed by atoms with Crippen molar-refractivity contribution in [3.05, 3.63) is 231 Å². The Kier molecular flexibility index (Phi) is 10.0. The average Bonchev–Trinajstić information content (AvgIpc) is 4.13. The van der Waals surface area contributed by atoms with Crippen molar-refractivity contribution in [3.63, 3.8) is 0 Å². The van der Waals surface area contributed by atoms with Crippen molar-refractivity contribution in [1.29, 1.82) is 0 Å². The van der Waals surface area contributed by atoms with Crippen LogP contribution in [0, 0.1) is 10.7 Å². The van der Waals surface area contributed by atoms with Gasteiger partial charge in [-0.15, -0.1) is 0 Å². The van der Waals surface area contributed by atoms with E-state index >= 15 is 0 Å². The number of fused-ring (bicyclic) bond motifs is 8. The van der Waals surface area contributed by atoms with Gasteiger partial charge in [0.15, 0.2) is 0 Å². The number of nitrogens with zero attached hydrogens (tertiary/aromatic N) is 4. The molecule has 0 saturated carbocycles. The van der Waals surface area contributed by atoms with Crippen LogP contribution in [0.25, 0.3) is 72.3 Å². The van der Waals surface area contributed by atoms with Gasteiger partial charge >= 0.3 is 324 Å². The van der Waals surface area contributed by atoms with Gasteiger partial charge in [-0.05, 0) is 29.0 Å². The summed E-state index contributed by atoms with van der Waals surface area (Å²) in [6.07, 6.45) is 6.46. The van der Waals surface area contributed by atoms with E-state index in [0.29, 0.717) is 0 Å². The topological polar surface area (TPSA) is 36.9 Å². The average molecular weight is 1090 g/mol. The van der Waals surface area contributed by atoms with Crippen LogP contribution < -0.4 is 4.74 Å². The third-order valence-electron chi connectivity index (χ3n) is 15.3. The van der Waals surface area contributed by atoms with E-state index < -0.39 is 0 Å². The Bertz CT molecular complexity index is 3940. The molecule has 0 saturated heterocycles. The zero-order valence-electron chi connectivity index (χ0n) is 39.8. The molecule has 0 amide bonds. The molecule has 8 aromatic carbocycles. The SMILES string of the molecule is Cc1cc(-n2c3ccccc3c3ccc(Oc4cccc(-n5[c](=[Pt])n(-c6c(-c7ccccc7)ccc7c6C6(CCc8ccccc86)CC7)c6ccccc65)c4)cc32)ncc1-c1ccc(C(C)(C)C)cc1. The summed E-state index contributed by atoms with van der Waals surface area (Å²) in [6.45, 7) is 8.94. The van der Waals surface area contributed by atoms with Crippen molar-refractivity contribution in [1.82, 2.24) is 18.7 Å². The van der Waals surface area contributed by atoms with Gasteiger partial charge in [0.1, 0.15) is 0 Å². The van der Waals surface area contributed by atoms with E-state index in [9.17, 15) is 0 Å². The van der Waals surface area contributed by atoms with Crippen molar-refractivity contribution in [2.24, 2.45) is 0 Å². The summed E-state index contributed by atoms with van der Waals surface area (Å²) in [5, 5.41) is 2.33. The molecule has 0 N–H and O–H groups in total. The van der Waals surface area contributed by atoms with Gasteiger partial charge in [-0.2, -0.15) is 0 Å². The molecule has 1 unspecified atom stereocenters. The van der Waals surface area contributed by atoms with Crippen LogP contribution >= 0.6 is 0 Å². The van der Waals surface area contributed by atoms with Crippen molar-refractivity contribution in [3.8, 4) is 50.9 Å². The first-order chi connectivity index (χ1) is 34.1. The van der Waals surface area contributed by atoms with E-state index in [4.69, 9.17) is 9.72 Å². The molecule has 11 aromatic rings. The van der Waals surface area contributed by atoms with Crippen molar-refractivity contribution >= 4 is 32.8 Å². The predicted molar refractivity (Wildman–Crippen MR) is 283 cm³/mol. The monoisotopic (exact) mass is 1090 g/mol. The number of para-hydroxylation sites is 3. The Morgan fingerprint density at radius 1 is 0.543 bits per heavy atom. The number of rotatable bonds is 7. The number of hydrogen-bond donors (Lipinski definition) is 0. The summed E-state index contributed by atoms with van der Waals surface area (Å²) in [5.74, 6) is 2.41. The van der Waals surface area contributed by atoms with Crippen LogP contribution in [0.1, 0.15) is 67.0 Å². The molecule has 344 valence electrons. The molecule has 5 nitrogen and oxygen atoms in total. The Morgan fingerprint density at radius 3 is 2.00 bits per heavy atom. The molecule has 13 rings (SSSR count). The normalized spacial score (nSPS) is 15.3. The first-order valence-corrected chi connectivity index (χ1v) is 25.7. The molecule has 2 aliphatic rings. The molecule has 70 heavy (non-hydrogen) atoms. The van der Waals surface area contributed by atoms with E-state index in [1.807, 2.05) is 6.20 Å². The predicted octanol–water partition coefficient (Wildman–Crippen LogP) is 15.9. The molecule has 0 bridgehead atoms. The molecule has 0 radical (unpaired) electrons. The fourth-order valence-electron chi connectivity index (χ4n) is 11.9. The Labute approximate surface area is 419 Å².